The molecular weight excluding hydrogens is 425 g/mol. The van der Waals surface area contributed by atoms with Gasteiger partial charge >= 0.3 is 7.60 Å². The van der Waals surface area contributed by atoms with Crippen molar-refractivity contribution in [1.82, 2.24) is 4.72 Å². The van der Waals surface area contributed by atoms with Gasteiger partial charge in [0, 0.05) is 0 Å². The molecule has 0 bridgehead atoms. The second kappa shape index (κ2) is 10.8. The van der Waals surface area contributed by atoms with Crippen LogP contribution in [0.2, 0.25) is 18.1 Å². The fraction of sp³-hybridized carbons (Fsp3) is 0.700. The van der Waals surface area contributed by atoms with E-state index >= 15 is 0 Å². The highest BCUT2D eigenvalue weighted by Gasteiger charge is 2.46. The summed E-state index contributed by atoms with van der Waals surface area (Å²) >= 11 is 0. The summed E-state index contributed by atoms with van der Waals surface area (Å²) in [4.78, 5) is 0.597. The second-order valence-corrected chi connectivity index (χ2v) is 16.8. The summed E-state index contributed by atoms with van der Waals surface area (Å²) in [6, 6.07) is 7.37. The van der Waals surface area contributed by atoms with E-state index in [1.165, 1.54) is 0 Å². The van der Waals surface area contributed by atoms with Gasteiger partial charge in [-0.3, -0.25) is 4.57 Å². The van der Waals surface area contributed by atoms with Gasteiger partial charge in [0.05, 0.1) is 24.2 Å². The van der Waals surface area contributed by atoms with E-state index in [1.807, 2.05) is 26.0 Å². The number of benzene rings is 1. The summed E-state index contributed by atoms with van der Waals surface area (Å²) in [5.41, 5.74) is 1.08. The lowest BCUT2D eigenvalue weighted by Crippen LogP contribution is -2.50. The van der Waals surface area contributed by atoms with Gasteiger partial charge < -0.3 is 13.5 Å². The van der Waals surface area contributed by atoms with Crippen LogP contribution in [0.15, 0.2) is 29.2 Å². The third kappa shape index (κ3) is 7.38. The molecular formula is C20H38NO5PSSi. The molecule has 0 radical (unpaired) electrons. The molecule has 0 aliphatic carbocycles. The minimum Gasteiger partial charge on any atom is -0.412 e. The first-order valence-corrected chi connectivity index (χ1v) is 15.8. The molecule has 1 N–H and O–H groups in total. The van der Waals surface area contributed by atoms with Crippen molar-refractivity contribution in [1.29, 1.82) is 0 Å². The van der Waals surface area contributed by atoms with E-state index < -0.39 is 38.8 Å². The van der Waals surface area contributed by atoms with Crippen LogP contribution in [0.4, 0.5) is 0 Å². The van der Waals surface area contributed by atoms with Crippen molar-refractivity contribution in [3.8, 4) is 0 Å². The first-order chi connectivity index (χ1) is 13.3. The van der Waals surface area contributed by atoms with E-state index in [1.54, 1.807) is 26.0 Å². The highest BCUT2D eigenvalue weighted by atomic mass is 32.2. The van der Waals surface area contributed by atoms with Crippen molar-refractivity contribution in [2.75, 3.05) is 13.2 Å². The van der Waals surface area contributed by atoms with Crippen molar-refractivity contribution in [3.63, 3.8) is 0 Å². The molecule has 0 saturated carbocycles. The van der Waals surface area contributed by atoms with Gasteiger partial charge in [0.2, 0.25) is 0 Å². The molecule has 3 atom stereocenters. The molecule has 1 aromatic rings. The van der Waals surface area contributed by atoms with Gasteiger partial charge in [-0.25, -0.2) is 8.93 Å². The molecule has 1 aromatic carbocycles. The number of hydrogen-bond donors (Lipinski definition) is 1. The van der Waals surface area contributed by atoms with Crippen LogP contribution < -0.4 is 4.72 Å². The Balaban J connectivity index is 3.25. The third-order valence-corrected chi connectivity index (χ3v) is 13.5. The van der Waals surface area contributed by atoms with Crippen LogP contribution in [0, 0.1) is 6.92 Å². The molecule has 6 nitrogen and oxygen atoms in total. The van der Waals surface area contributed by atoms with Gasteiger partial charge in [0.25, 0.3) is 0 Å². The molecule has 0 spiro atoms. The van der Waals surface area contributed by atoms with Crippen molar-refractivity contribution < 1.29 is 22.2 Å². The summed E-state index contributed by atoms with van der Waals surface area (Å²) in [6.45, 7) is 18.5. The van der Waals surface area contributed by atoms with Crippen LogP contribution >= 0.6 is 7.60 Å². The molecule has 0 aliphatic rings. The number of hydrogen-bond acceptors (Lipinski definition) is 5. The van der Waals surface area contributed by atoms with Gasteiger partial charge in [0.1, 0.15) is 16.8 Å². The first-order valence-electron chi connectivity index (χ1n) is 10.1. The fourth-order valence-corrected chi connectivity index (χ4v) is 7.48. The van der Waals surface area contributed by atoms with Crippen LogP contribution in [0.1, 0.15) is 47.1 Å². The summed E-state index contributed by atoms with van der Waals surface area (Å²) in [7, 11) is -7.37. The molecule has 0 aliphatic heterocycles. The summed E-state index contributed by atoms with van der Waals surface area (Å²) in [5, 5.41) is -0.0247. The second-order valence-electron chi connectivity index (χ2n) is 8.60. The Morgan fingerprint density at radius 1 is 1.10 bits per heavy atom. The highest BCUT2D eigenvalue weighted by molar-refractivity contribution is 7.83. The lowest BCUT2D eigenvalue weighted by atomic mass is 10.2. The number of rotatable bonds is 11. The van der Waals surface area contributed by atoms with Crippen LogP contribution in [-0.4, -0.2) is 37.6 Å². The van der Waals surface area contributed by atoms with Gasteiger partial charge in [-0.15, -0.1) is 0 Å². The predicted molar refractivity (Wildman–Crippen MR) is 123 cm³/mol. The van der Waals surface area contributed by atoms with Gasteiger partial charge in [-0.05, 0) is 58.0 Å². The lowest BCUT2D eigenvalue weighted by molar-refractivity contribution is 0.152. The van der Waals surface area contributed by atoms with Crippen LogP contribution in [0.3, 0.4) is 0 Å². The van der Waals surface area contributed by atoms with E-state index in [4.69, 9.17) is 13.5 Å². The molecule has 0 unspecified atom stereocenters. The summed E-state index contributed by atoms with van der Waals surface area (Å²) in [5.74, 6) is -0.862. The Morgan fingerprint density at radius 3 is 2.00 bits per heavy atom. The van der Waals surface area contributed by atoms with Crippen LogP contribution in [-0.2, 0) is 29.0 Å². The zero-order valence-corrected chi connectivity index (χ0v) is 22.0. The summed E-state index contributed by atoms with van der Waals surface area (Å²) in [6.07, 6.45) is -0.519. The zero-order valence-electron chi connectivity index (χ0n) is 19.3. The monoisotopic (exact) mass is 463 g/mol. The first kappa shape index (κ1) is 26.7. The Morgan fingerprint density at radius 2 is 1.59 bits per heavy atom. The molecule has 0 heterocycles. The molecule has 0 aromatic heterocycles. The zero-order chi connectivity index (χ0) is 22.5. The van der Waals surface area contributed by atoms with E-state index in [9.17, 15) is 8.77 Å². The molecule has 1 rings (SSSR count). The fourth-order valence-electron chi connectivity index (χ4n) is 2.52. The molecule has 9 heteroatoms. The van der Waals surface area contributed by atoms with E-state index in [0.29, 0.717) is 4.90 Å². The Labute approximate surface area is 180 Å². The maximum absolute atomic E-state index is 13.6. The Hall–Kier alpha value is -0.343. The Bertz CT molecular complexity index is 711. The molecule has 168 valence electrons. The number of aryl methyl sites for hydroxylation is 1. The van der Waals surface area contributed by atoms with E-state index in [-0.39, 0.29) is 18.3 Å². The van der Waals surface area contributed by atoms with Crippen LogP contribution in [0.25, 0.3) is 0 Å². The average Bonchev–Trinajstić information content (AvgIpc) is 2.58. The van der Waals surface area contributed by atoms with Crippen molar-refractivity contribution in [2.24, 2.45) is 0 Å². The van der Waals surface area contributed by atoms with Crippen LogP contribution in [0.5, 0.6) is 0 Å². The van der Waals surface area contributed by atoms with E-state index in [0.717, 1.165) is 5.56 Å². The highest BCUT2D eigenvalue weighted by Crippen LogP contribution is 2.54. The minimum absolute atomic E-state index is 0.0247. The smallest absolute Gasteiger partial charge is 0.350 e. The predicted octanol–water partition coefficient (Wildman–Crippen LogP) is 5.61. The standard InChI is InChI=1S/C20H38NO5PSSi/c1-10-24-27(22,25-11-2)19(17(4)26-29(8,9)20(5,6)7)21-28(23)18-14-12-16(3)13-15-18/h12-15,17,19,21H,10-11H2,1-9H3/t17-,19+,28-/m0/s1. The molecule has 0 fully saturated rings. The normalized spacial score (nSPS) is 16.4. The van der Waals surface area contributed by atoms with Gasteiger partial charge in [-0.2, -0.15) is 0 Å². The SMILES string of the molecule is CCOP(=O)(OCC)[C@@H](N[S@@](=O)c1ccc(C)cc1)[C@H](C)O[Si](C)(C)C(C)(C)C. The largest absolute Gasteiger partial charge is 0.412 e. The average molecular weight is 464 g/mol. The van der Waals surface area contributed by atoms with Crippen molar-refractivity contribution >= 4 is 26.9 Å². The number of nitrogens with one attached hydrogen (secondary N) is 1. The van der Waals surface area contributed by atoms with E-state index in [2.05, 4.69) is 38.6 Å². The Kier molecular flexibility index (Phi) is 9.94. The third-order valence-electron chi connectivity index (χ3n) is 5.15. The minimum atomic E-state index is -3.61. The topological polar surface area (TPSA) is 73.9 Å². The quantitative estimate of drug-likeness (QED) is 0.341. The van der Waals surface area contributed by atoms with Crippen molar-refractivity contribution in [2.45, 2.75) is 83.4 Å². The van der Waals surface area contributed by atoms with Crippen molar-refractivity contribution in [3.05, 3.63) is 29.8 Å². The van der Waals surface area contributed by atoms with Gasteiger partial charge in [0.15, 0.2) is 8.32 Å². The summed E-state index contributed by atoms with van der Waals surface area (Å²) < 4.78 is 47.2. The lowest BCUT2D eigenvalue weighted by Gasteiger charge is -2.41. The maximum atomic E-state index is 13.6. The maximum Gasteiger partial charge on any atom is 0.350 e. The van der Waals surface area contributed by atoms with Gasteiger partial charge in [-0.1, -0.05) is 38.5 Å². The molecule has 0 amide bonds. The molecule has 29 heavy (non-hydrogen) atoms. The molecule has 0 saturated heterocycles.